The summed E-state index contributed by atoms with van der Waals surface area (Å²) < 4.78 is 4.56. The third-order valence-corrected chi connectivity index (χ3v) is 1.87. The number of nitrogens with zero attached hydrogens (tertiary/aromatic N) is 2. The molecule has 0 bridgehead atoms. The van der Waals surface area contributed by atoms with Gasteiger partial charge in [0.05, 0.1) is 12.0 Å². The third kappa shape index (κ3) is 6.42. The van der Waals surface area contributed by atoms with Gasteiger partial charge in [-0.3, -0.25) is 4.79 Å². The molecule has 11 heteroatoms. The van der Waals surface area contributed by atoms with Crippen molar-refractivity contribution in [2.75, 3.05) is 26.4 Å². The first kappa shape index (κ1) is 15.8. The van der Waals surface area contributed by atoms with Gasteiger partial charge in [-0.1, -0.05) is 0 Å². The lowest BCUT2D eigenvalue weighted by Crippen LogP contribution is -2.42. The van der Waals surface area contributed by atoms with Crippen LogP contribution < -0.4 is 0 Å². The Kier molecular flexibility index (Phi) is 6.34. The maximum absolute atomic E-state index is 10.6. The van der Waals surface area contributed by atoms with Crippen LogP contribution in [0.4, 0.5) is 0 Å². The lowest BCUT2D eigenvalue weighted by molar-refractivity contribution is -0.772. The van der Waals surface area contributed by atoms with Crippen molar-refractivity contribution in [2.24, 2.45) is 5.41 Å². The minimum atomic E-state index is -1.58. The third-order valence-electron chi connectivity index (χ3n) is 1.87. The average Bonchev–Trinajstić information content (AvgIpc) is 2.28. The SMILES string of the molecule is CC(=O)OCC(CO)(CO[N+](=O)[O-])CO[N+](=O)[O-]. The van der Waals surface area contributed by atoms with Crippen molar-refractivity contribution < 1.29 is 34.5 Å². The average molecular weight is 268 g/mol. The number of aliphatic hydroxyl groups excluding tert-OH is 1. The summed E-state index contributed by atoms with van der Waals surface area (Å²) >= 11 is 0. The number of carbonyl (C=O) groups excluding carboxylic acids is 1. The molecule has 11 nitrogen and oxygen atoms in total. The maximum atomic E-state index is 10.6. The Balaban J connectivity index is 4.63. The molecule has 0 rings (SSSR count). The zero-order valence-corrected chi connectivity index (χ0v) is 9.44. The number of ether oxygens (including phenoxy) is 1. The number of rotatable bonds is 9. The van der Waals surface area contributed by atoms with Crippen molar-refractivity contribution in [3.8, 4) is 0 Å². The molecule has 104 valence electrons. The van der Waals surface area contributed by atoms with Crippen LogP contribution in [0.25, 0.3) is 0 Å². The van der Waals surface area contributed by atoms with Gasteiger partial charge in [0.25, 0.3) is 10.2 Å². The lowest BCUT2D eigenvalue weighted by atomic mass is 9.92. The van der Waals surface area contributed by atoms with Crippen molar-refractivity contribution in [1.29, 1.82) is 0 Å². The van der Waals surface area contributed by atoms with Gasteiger partial charge in [-0.2, -0.15) is 0 Å². The van der Waals surface area contributed by atoms with Crippen LogP contribution in [0, 0.1) is 25.6 Å². The Morgan fingerprint density at radius 2 is 1.61 bits per heavy atom. The zero-order chi connectivity index (χ0) is 14.2. The van der Waals surface area contributed by atoms with E-state index in [0.717, 1.165) is 6.92 Å². The van der Waals surface area contributed by atoms with Crippen LogP contribution in [0.15, 0.2) is 0 Å². The summed E-state index contributed by atoms with van der Waals surface area (Å²) in [5.41, 5.74) is -1.58. The van der Waals surface area contributed by atoms with Crippen molar-refractivity contribution in [2.45, 2.75) is 6.92 Å². The molecule has 0 saturated heterocycles. The van der Waals surface area contributed by atoms with Crippen LogP contribution in [0.5, 0.6) is 0 Å². The molecule has 0 aliphatic carbocycles. The predicted octanol–water partition coefficient (Wildman–Crippen LogP) is -1.06. The summed E-state index contributed by atoms with van der Waals surface area (Å²) in [5.74, 6) is -0.713. The molecule has 0 spiro atoms. The highest BCUT2D eigenvalue weighted by molar-refractivity contribution is 5.65. The van der Waals surface area contributed by atoms with E-state index in [4.69, 9.17) is 5.11 Å². The first-order valence-corrected chi connectivity index (χ1v) is 4.60. The van der Waals surface area contributed by atoms with Crippen LogP contribution in [-0.2, 0) is 19.2 Å². The molecule has 18 heavy (non-hydrogen) atoms. The highest BCUT2D eigenvalue weighted by atomic mass is 17.0. The van der Waals surface area contributed by atoms with E-state index in [1.165, 1.54) is 0 Å². The van der Waals surface area contributed by atoms with E-state index in [0.29, 0.717) is 0 Å². The van der Waals surface area contributed by atoms with Crippen molar-refractivity contribution in [3.05, 3.63) is 20.2 Å². The smallest absolute Gasteiger partial charge is 0.302 e. The van der Waals surface area contributed by atoms with Gasteiger partial charge in [0.15, 0.2) is 0 Å². The number of hydrogen-bond donors (Lipinski definition) is 1. The molecular weight excluding hydrogens is 256 g/mol. The molecule has 0 aliphatic rings. The van der Waals surface area contributed by atoms with Gasteiger partial charge in [-0.25, -0.2) is 0 Å². The van der Waals surface area contributed by atoms with Gasteiger partial charge < -0.3 is 19.5 Å². The second-order valence-electron chi connectivity index (χ2n) is 3.43. The van der Waals surface area contributed by atoms with Crippen molar-refractivity contribution in [3.63, 3.8) is 0 Å². The van der Waals surface area contributed by atoms with Crippen LogP contribution in [0.3, 0.4) is 0 Å². The largest absolute Gasteiger partial charge is 0.465 e. The molecule has 1 N–H and O–H groups in total. The topological polar surface area (TPSA) is 151 Å². The van der Waals surface area contributed by atoms with E-state index in [-0.39, 0.29) is 0 Å². The van der Waals surface area contributed by atoms with E-state index in [1.807, 2.05) is 0 Å². The number of esters is 1. The Labute approximate surface area is 100 Å². The number of aliphatic hydroxyl groups is 1. The minimum Gasteiger partial charge on any atom is -0.465 e. The summed E-state index contributed by atoms with van der Waals surface area (Å²) in [7, 11) is 0. The minimum absolute atomic E-state index is 0.513. The lowest BCUT2D eigenvalue weighted by Gasteiger charge is -2.28. The first-order chi connectivity index (χ1) is 8.31. The normalized spacial score (nSPS) is 10.6. The fraction of sp³-hybridized carbons (Fsp3) is 0.857. The molecule has 0 aromatic rings. The van der Waals surface area contributed by atoms with Gasteiger partial charge in [0.1, 0.15) is 19.8 Å². The molecule has 0 unspecified atom stereocenters. The molecule has 0 amide bonds. The Morgan fingerprint density at radius 3 is 1.89 bits per heavy atom. The molecule has 0 heterocycles. The second-order valence-corrected chi connectivity index (χ2v) is 3.43. The van der Waals surface area contributed by atoms with Crippen LogP contribution >= 0.6 is 0 Å². The second kappa shape index (κ2) is 7.21. The van der Waals surface area contributed by atoms with Crippen LogP contribution in [0.2, 0.25) is 0 Å². The van der Waals surface area contributed by atoms with Crippen molar-refractivity contribution >= 4 is 5.97 Å². The van der Waals surface area contributed by atoms with E-state index in [1.54, 1.807) is 0 Å². The Hall–Kier alpha value is -2.17. The number of hydrogen-bond acceptors (Lipinski definition) is 9. The molecule has 0 saturated carbocycles. The standard InChI is InChI=1S/C7H12N2O9/c1-6(11)16-3-7(2-10,4-17-8(12)13)5-18-9(14)15/h10H,2-5H2,1H3. The summed E-state index contributed by atoms with van der Waals surface area (Å²) in [6.45, 7) is -1.62. The first-order valence-electron chi connectivity index (χ1n) is 4.60. The van der Waals surface area contributed by atoms with Gasteiger partial charge in [0, 0.05) is 6.92 Å². The van der Waals surface area contributed by atoms with Gasteiger partial charge >= 0.3 is 5.97 Å². The molecular formula is C7H12N2O9. The van der Waals surface area contributed by atoms with Gasteiger partial charge in [0.2, 0.25) is 0 Å². The van der Waals surface area contributed by atoms with Crippen LogP contribution in [-0.4, -0.2) is 47.7 Å². The van der Waals surface area contributed by atoms with Crippen molar-refractivity contribution in [1.82, 2.24) is 0 Å². The summed E-state index contributed by atoms with van der Waals surface area (Å²) in [6, 6.07) is 0. The summed E-state index contributed by atoms with van der Waals surface area (Å²) in [5, 5.41) is 27.0. The molecule has 0 aromatic carbocycles. The molecule has 0 aliphatic heterocycles. The Morgan fingerprint density at radius 1 is 1.17 bits per heavy atom. The van der Waals surface area contributed by atoms with E-state index in [2.05, 4.69) is 14.4 Å². The van der Waals surface area contributed by atoms with E-state index < -0.39 is 48.0 Å². The summed E-state index contributed by atoms with van der Waals surface area (Å²) in [4.78, 5) is 38.8. The predicted molar refractivity (Wildman–Crippen MR) is 52.0 cm³/mol. The molecule has 0 radical (unpaired) electrons. The number of carbonyl (C=O) groups is 1. The Bertz CT molecular complexity index is 272. The van der Waals surface area contributed by atoms with E-state index >= 15 is 0 Å². The molecule has 0 aromatic heterocycles. The highest BCUT2D eigenvalue weighted by Gasteiger charge is 2.34. The monoisotopic (exact) mass is 268 g/mol. The molecule has 0 fully saturated rings. The van der Waals surface area contributed by atoms with Crippen LogP contribution in [0.1, 0.15) is 6.92 Å². The van der Waals surface area contributed by atoms with Gasteiger partial charge in [-0.15, -0.1) is 20.2 Å². The van der Waals surface area contributed by atoms with E-state index in [9.17, 15) is 25.0 Å². The van der Waals surface area contributed by atoms with Gasteiger partial charge in [-0.05, 0) is 0 Å². The molecule has 0 atom stereocenters. The maximum Gasteiger partial charge on any atom is 0.302 e. The highest BCUT2D eigenvalue weighted by Crippen LogP contribution is 2.19. The zero-order valence-electron chi connectivity index (χ0n) is 9.44. The quantitative estimate of drug-likeness (QED) is 0.313. The fourth-order valence-electron chi connectivity index (χ4n) is 0.896. The summed E-state index contributed by atoms with van der Waals surface area (Å²) in [6.07, 6.45) is 0. The fourth-order valence-corrected chi connectivity index (χ4v) is 0.896.